The summed E-state index contributed by atoms with van der Waals surface area (Å²) in [6.07, 6.45) is 3.17. The number of oxazole rings is 1. The number of amides is 1. The predicted octanol–water partition coefficient (Wildman–Crippen LogP) is 3.42. The van der Waals surface area contributed by atoms with Gasteiger partial charge in [-0.25, -0.2) is 13.4 Å². The molecule has 1 N–H and O–H groups in total. The fourth-order valence-electron chi connectivity index (χ4n) is 3.07. The molecular weight excluding hydrogens is 340 g/mol. The molecule has 1 aromatic heterocycles. The van der Waals surface area contributed by atoms with Gasteiger partial charge >= 0.3 is 0 Å². The Morgan fingerprint density at radius 3 is 2.60 bits per heavy atom. The van der Waals surface area contributed by atoms with Crippen molar-refractivity contribution in [1.82, 2.24) is 4.98 Å². The molecule has 1 aromatic carbocycles. The summed E-state index contributed by atoms with van der Waals surface area (Å²) in [7, 11) is -3.38. The number of carbonyl (C=O) groups excluding carboxylic acids is 1. The Kier molecular flexibility index (Phi) is 4.62. The Labute approximate surface area is 147 Å². The Morgan fingerprint density at radius 1 is 1.28 bits per heavy atom. The van der Waals surface area contributed by atoms with Gasteiger partial charge in [0, 0.05) is 11.1 Å². The largest absolute Gasteiger partial charge is 0.440 e. The van der Waals surface area contributed by atoms with Crippen LogP contribution in [0.2, 0.25) is 0 Å². The monoisotopic (exact) mass is 364 g/mol. The summed E-state index contributed by atoms with van der Waals surface area (Å²) >= 11 is 0. The van der Waals surface area contributed by atoms with Crippen molar-refractivity contribution in [1.29, 1.82) is 0 Å². The first kappa shape index (κ1) is 17.9. The smallest absolute Gasteiger partial charge is 0.239 e. The summed E-state index contributed by atoms with van der Waals surface area (Å²) in [5.74, 6) is -0.359. The number of hydrogen-bond acceptors (Lipinski definition) is 5. The van der Waals surface area contributed by atoms with Gasteiger partial charge < -0.3 is 9.73 Å². The minimum atomic E-state index is -3.38. The van der Waals surface area contributed by atoms with Crippen molar-refractivity contribution in [3.63, 3.8) is 0 Å². The summed E-state index contributed by atoms with van der Waals surface area (Å²) in [6, 6.07) is 5.13. The number of carbonyl (C=O) groups is 1. The van der Waals surface area contributed by atoms with Crippen LogP contribution in [0.1, 0.15) is 52.3 Å². The molecular formula is C18H24N2O4S. The average molecular weight is 364 g/mol. The second-order valence-electron chi connectivity index (χ2n) is 7.71. The number of fused-ring (bicyclic) bond motifs is 1. The van der Waals surface area contributed by atoms with Crippen LogP contribution in [0.5, 0.6) is 0 Å². The van der Waals surface area contributed by atoms with Crippen molar-refractivity contribution in [2.45, 2.75) is 57.1 Å². The molecule has 1 saturated carbocycles. The Balaban J connectivity index is 1.73. The maximum Gasteiger partial charge on any atom is 0.239 e. The molecule has 0 aliphatic heterocycles. The third kappa shape index (κ3) is 4.03. The molecule has 1 aliphatic rings. The molecule has 6 nitrogen and oxygen atoms in total. The number of nitrogens with zero attached hydrogens (tertiary/aromatic N) is 1. The molecule has 1 amide bonds. The van der Waals surface area contributed by atoms with Gasteiger partial charge in [-0.05, 0) is 31.0 Å². The zero-order chi connectivity index (χ0) is 18.2. The van der Waals surface area contributed by atoms with Crippen LogP contribution >= 0.6 is 0 Å². The van der Waals surface area contributed by atoms with E-state index in [2.05, 4.69) is 10.3 Å². The van der Waals surface area contributed by atoms with E-state index in [-0.39, 0.29) is 10.7 Å². The topological polar surface area (TPSA) is 89.3 Å². The molecule has 1 fully saturated rings. The minimum Gasteiger partial charge on any atom is -0.440 e. The third-order valence-corrected chi connectivity index (χ3v) is 6.61. The lowest BCUT2D eigenvalue weighted by molar-refractivity contribution is -0.113. The third-order valence-electron chi connectivity index (χ3n) is 4.46. The second-order valence-corrected chi connectivity index (χ2v) is 9.99. The van der Waals surface area contributed by atoms with Crippen LogP contribution < -0.4 is 5.32 Å². The first-order chi connectivity index (χ1) is 11.6. The molecule has 3 rings (SSSR count). The molecule has 0 bridgehead atoms. The standard InChI is InChI=1S/C18H24N2O4S/c1-18(2,3)17-20-14-10-12(8-9-15(14)24-17)19-16(21)11-25(22,23)13-6-4-5-7-13/h8-10,13H,4-7,11H2,1-3H3,(H,19,21). The Morgan fingerprint density at radius 2 is 1.96 bits per heavy atom. The van der Waals surface area contributed by atoms with Crippen molar-refractivity contribution in [2.24, 2.45) is 0 Å². The van der Waals surface area contributed by atoms with Crippen LogP contribution in [0.4, 0.5) is 5.69 Å². The number of sulfone groups is 1. The van der Waals surface area contributed by atoms with Gasteiger partial charge in [0.2, 0.25) is 11.8 Å². The second kappa shape index (κ2) is 6.44. The number of anilines is 1. The van der Waals surface area contributed by atoms with Crippen LogP contribution in [-0.4, -0.2) is 30.3 Å². The summed E-state index contributed by atoms with van der Waals surface area (Å²) in [6.45, 7) is 6.02. The van der Waals surface area contributed by atoms with Crippen molar-refractivity contribution in [3.8, 4) is 0 Å². The van der Waals surface area contributed by atoms with Gasteiger partial charge in [-0.3, -0.25) is 4.79 Å². The van der Waals surface area contributed by atoms with Crippen LogP contribution in [0.15, 0.2) is 22.6 Å². The number of benzene rings is 1. The van der Waals surface area contributed by atoms with Gasteiger partial charge in [-0.2, -0.15) is 0 Å². The van der Waals surface area contributed by atoms with E-state index >= 15 is 0 Å². The molecule has 25 heavy (non-hydrogen) atoms. The summed E-state index contributed by atoms with van der Waals surface area (Å²) in [5.41, 5.74) is 1.59. The van der Waals surface area contributed by atoms with Gasteiger partial charge in [-0.1, -0.05) is 33.6 Å². The molecule has 136 valence electrons. The molecule has 1 heterocycles. The van der Waals surface area contributed by atoms with E-state index in [0.717, 1.165) is 12.8 Å². The van der Waals surface area contributed by atoms with Crippen molar-refractivity contribution in [3.05, 3.63) is 24.1 Å². The predicted molar refractivity (Wildman–Crippen MR) is 97.4 cm³/mol. The van der Waals surface area contributed by atoms with Gasteiger partial charge in [0.05, 0.1) is 5.25 Å². The van der Waals surface area contributed by atoms with E-state index in [1.807, 2.05) is 20.8 Å². The van der Waals surface area contributed by atoms with E-state index < -0.39 is 21.5 Å². The first-order valence-corrected chi connectivity index (χ1v) is 10.3. The Bertz CT molecular complexity index is 887. The number of nitrogens with one attached hydrogen (secondary N) is 1. The maximum atomic E-state index is 12.3. The number of hydrogen-bond donors (Lipinski definition) is 1. The van der Waals surface area contributed by atoms with Gasteiger partial charge in [-0.15, -0.1) is 0 Å². The highest BCUT2D eigenvalue weighted by molar-refractivity contribution is 7.92. The summed E-state index contributed by atoms with van der Waals surface area (Å²) in [5, 5.41) is 2.29. The molecule has 2 aromatic rings. The van der Waals surface area contributed by atoms with Gasteiger partial charge in [0.25, 0.3) is 0 Å². The summed E-state index contributed by atoms with van der Waals surface area (Å²) in [4.78, 5) is 16.6. The highest BCUT2D eigenvalue weighted by atomic mass is 32.2. The molecule has 0 saturated heterocycles. The molecule has 0 spiro atoms. The lowest BCUT2D eigenvalue weighted by Gasteiger charge is -2.11. The average Bonchev–Trinajstić information content (AvgIpc) is 3.15. The van der Waals surface area contributed by atoms with Gasteiger partial charge in [0.1, 0.15) is 11.3 Å². The van der Waals surface area contributed by atoms with E-state index in [4.69, 9.17) is 4.42 Å². The molecule has 0 atom stereocenters. The van der Waals surface area contributed by atoms with Crippen LogP contribution in [0, 0.1) is 0 Å². The quantitative estimate of drug-likeness (QED) is 0.898. The lowest BCUT2D eigenvalue weighted by Crippen LogP contribution is -2.29. The van der Waals surface area contributed by atoms with Crippen LogP contribution in [0.3, 0.4) is 0 Å². The van der Waals surface area contributed by atoms with Crippen LogP contribution in [0.25, 0.3) is 11.1 Å². The van der Waals surface area contributed by atoms with Crippen LogP contribution in [-0.2, 0) is 20.0 Å². The Hall–Kier alpha value is -1.89. The van der Waals surface area contributed by atoms with E-state index in [9.17, 15) is 13.2 Å². The maximum absolute atomic E-state index is 12.3. The molecule has 0 radical (unpaired) electrons. The number of aromatic nitrogens is 1. The van der Waals surface area contributed by atoms with E-state index in [0.29, 0.717) is 35.5 Å². The van der Waals surface area contributed by atoms with Gasteiger partial charge in [0.15, 0.2) is 15.4 Å². The zero-order valence-corrected chi connectivity index (χ0v) is 15.6. The fourth-order valence-corrected chi connectivity index (χ4v) is 4.80. The molecule has 1 aliphatic carbocycles. The SMILES string of the molecule is CC(C)(C)c1nc2cc(NC(=O)CS(=O)(=O)C3CCCC3)ccc2o1. The van der Waals surface area contributed by atoms with Crippen molar-refractivity contribution >= 4 is 32.5 Å². The lowest BCUT2D eigenvalue weighted by atomic mass is 9.97. The fraction of sp³-hybridized carbons (Fsp3) is 0.556. The molecule has 7 heteroatoms. The zero-order valence-electron chi connectivity index (χ0n) is 14.8. The van der Waals surface area contributed by atoms with Crippen molar-refractivity contribution in [2.75, 3.05) is 11.1 Å². The first-order valence-electron chi connectivity index (χ1n) is 8.58. The van der Waals surface area contributed by atoms with E-state index in [1.54, 1.807) is 18.2 Å². The normalized spacial score (nSPS) is 16.4. The highest BCUT2D eigenvalue weighted by Gasteiger charge is 2.30. The number of rotatable bonds is 4. The van der Waals surface area contributed by atoms with Crippen molar-refractivity contribution < 1.29 is 17.6 Å². The van der Waals surface area contributed by atoms with E-state index in [1.165, 1.54) is 0 Å². The minimum absolute atomic E-state index is 0.211. The molecule has 0 unspecified atom stereocenters. The highest BCUT2D eigenvalue weighted by Crippen LogP contribution is 2.28. The summed E-state index contributed by atoms with van der Waals surface area (Å²) < 4.78 is 30.3.